The molecule has 1 unspecified atom stereocenters. The van der Waals surface area contributed by atoms with Gasteiger partial charge >= 0.3 is 0 Å². The first-order valence-corrected chi connectivity index (χ1v) is 9.81. The van der Waals surface area contributed by atoms with Crippen LogP contribution >= 0.6 is 0 Å². The van der Waals surface area contributed by atoms with Crippen LogP contribution in [0.4, 0.5) is 5.82 Å². The van der Waals surface area contributed by atoms with E-state index in [4.69, 9.17) is 9.73 Å². The van der Waals surface area contributed by atoms with Gasteiger partial charge in [-0.3, -0.25) is 0 Å². The number of pyridine rings is 1. The second-order valence-corrected chi connectivity index (χ2v) is 7.00. The number of rotatable bonds is 9. The Morgan fingerprint density at radius 1 is 1.18 bits per heavy atom. The summed E-state index contributed by atoms with van der Waals surface area (Å²) in [7, 11) is 5.67. The van der Waals surface area contributed by atoms with Gasteiger partial charge in [0, 0.05) is 33.4 Å². The lowest BCUT2D eigenvalue weighted by Crippen LogP contribution is -2.38. The van der Waals surface area contributed by atoms with Crippen molar-refractivity contribution in [3.63, 3.8) is 0 Å². The average molecular weight is 384 g/mol. The zero-order valence-corrected chi connectivity index (χ0v) is 17.7. The molecule has 6 heteroatoms. The first-order chi connectivity index (χ1) is 13.5. The van der Waals surface area contributed by atoms with E-state index in [0.29, 0.717) is 12.5 Å². The van der Waals surface area contributed by atoms with Gasteiger partial charge in [0.2, 0.25) is 0 Å². The number of nitrogens with one attached hydrogen (secondary N) is 2. The molecule has 0 saturated heterocycles. The molecule has 152 valence electrons. The molecule has 0 spiro atoms. The first kappa shape index (κ1) is 21.5. The molecule has 2 rings (SSSR count). The van der Waals surface area contributed by atoms with Crippen molar-refractivity contribution in [3.8, 4) is 5.75 Å². The minimum absolute atomic E-state index is 0.462. The summed E-state index contributed by atoms with van der Waals surface area (Å²) in [6.07, 6.45) is 2.86. The number of guanidine groups is 1. The zero-order valence-electron chi connectivity index (χ0n) is 17.7. The van der Waals surface area contributed by atoms with Crippen molar-refractivity contribution in [1.82, 2.24) is 15.6 Å². The maximum Gasteiger partial charge on any atom is 0.191 e. The maximum absolute atomic E-state index is 5.23. The number of methoxy groups -OCH3 is 1. The first-order valence-electron chi connectivity index (χ1n) is 9.81. The van der Waals surface area contributed by atoms with Crippen LogP contribution in [0.3, 0.4) is 0 Å². The Kier molecular flexibility index (Phi) is 8.59. The highest BCUT2D eigenvalue weighted by Crippen LogP contribution is 2.21. The minimum atomic E-state index is 0.462. The molecule has 0 bridgehead atoms. The fourth-order valence-corrected chi connectivity index (χ4v) is 2.82. The summed E-state index contributed by atoms with van der Waals surface area (Å²) in [4.78, 5) is 11.1. The largest absolute Gasteiger partial charge is 0.497 e. The molecule has 28 heavy (non-hydrogen) atoms. The summed E-state index contributed by atoms with van der Waals surface area (Å²) in [6.45, 7) is 6.63. The average Bonchev–Trinajstić information content (AvgIpc) is 2.72. The summed E-state index contributed by atoms with van der Waals surface area (Å²) in [6, 6.07) is 12.4. The van der Waals surface area contributed by atoms with E-state index >= 15 is 0 Å². The predicted molar refractivity (Wildman–Crippen MR) is 117 cm³/mol. The second-order valence-electron chi connectivity index (χ2n) is 7.00. The lowest BCUT2D eigenvalue weighted by Gasteiger charge is -2.16. The van der Waals surface area contributed by atoms with E-state index in [2.05, 4.69) is 47.7 Å². The van der Waals surface area contributed by atoms with Crippen molar-refractivity contribution in [3.05, 3.63) is 53.7 Å². The molecule has 0 fully saturated rings. The second kappa shape index (κ2) is 11.2. The van der Waals surface area contributed by atoms with Gasteiger partial charge in [-0.05, 0) is 54.7 Å². The molecule has 0 aliphatic carbocycles. The third-order valence-electron chi connectivity index (χ3n) is 4.59. The van der Waals surface area contributed by atoms with Gasteiger partial charge in [0.25, 0.3) is 0 Å². The predicted octanol–water partition coefficient (Wildman–Crippen LogP) is 3.41. The molecule has 1 aromatic heterocycles. The fourth-order valence-electron chi connectivity index (χ4n) is 2.82. The number of aromatic nitrogens is 1. The Balaban J connectivity index is 1.89. The molecule has 2 N–H and O–H groups in total. The van der Waals surface area contributed by atoms with E-state index in [9.17, 15) is 0 Å². The van der Waals surface area contributed by atoms with E-state index in [0.717, 1.165) is 42.6 Å². The van der Waals surface area contributed by atoms with Crippen LogP contribution in [-0.2, 0) is 6.54 Å². The van der Waals surface area contributed by atoms with Crippen molar-refractivity contribution in [1.29, 1.82) is 0 Å². The fraction of sp³-hybridized carbons (Fsp3) is 0.455. The summed E-state index contributed by atoms with van der Waals surface area (Å²) < 4.78 is 5.23. The van der Waals surface area contributed by atoms with Gasteiger partial charge in [-0.25, -0.2) is 9.98 Å². The summed E-state index contributed by atoms with van der Waals surface area (Å²) in [5, 5.41) is 6.75. The number of aliphatic imine (C=N–C) groups is 1. The van der Waals surface area contributed by atoms with Gasteiger partial charge in [-0.15, -0.1) is 0 Å². The molecule has 1 heterocycles. The molecule has 6 nitrogen and oxygen atoms in total. The Hall–Kier alpha value is -2.76. The number of benzene rings is 1. The Labute approximate surface area is 169 Å². The van der Waals surface area contributed by atoms with E-state index in [1.165, 1.54) is 5.56 Å². The SMILES string of the molecule is CCNC(=NCc1ccnc(N(C)C)c1)NCCC(C)c1ccc(OC)cc1. The molecule has 0 amide bonds. The molecule has 0 aliphatic heterocycles. The van der Waals surface area contributed by atoms with Crippen LogP contribution in [0.15, 0.2) is 47.6 Å². The van der Waals surface area contributed by atoms with Crippen LogP contribution in [0.5, 0.6) is 5.75 Å². The van der Waals surface area contributed by atoms with Gasteiger partial charge in [0.15, 0.2) is 5.96 Å². The third-order valence-corrected chi connectivity index (χ3v) is 4.59. The number of hydrogen-bond acceptors (Lipinski definition) is 4. The van der Waals surface area contributed by atoms with Crippen LogP contribution < -0.4 is 20.3 Å². The lowest BCUT2D eigenvalue weighted by molar-refractivity contribution is 0.414. The van der Waals surface area contributed by atoms with Crippen molar-refractivity contribution in [2.75, 3.05) is 39.2 Å². The molecule has 0 saturated carbocycles. The molecule has 2 aromatic rings. The van der Waals surface area contributed by atoms with Gasteiger partial charge in [-0.1, -0.05) is 19.1 Å². The van der Waals surface area contributed by atoms with Crippen molar-refractivity contribution in [2.45, 2.75) is 32.7 Å². The van der Waals surface area contributed by atoms with Crippen LogP contribution in [0, 0.1) is 0 Å². The monoisotopic (exact) mass is 383 g/mol. The Morgan fingerprint density at radius 3 is 2.57 bits per heavy atom. The van der Waals surface area contributed by atoms with Crippen LogP contribution in [-0.4, -0.2) is 45.2 Å². The lowest BCUT2D eigenvalue weighted by atomic mass is 9.98. The summed E-state index contributed by atoms with van der Waals surface area (Å²) in [5.74, 6) is 3.14. The third kappa shape index (κ3) is 6.76. The van der Waals surface area contributed by atoms with E-state index in [1.54, 1.807) is 7.11 Å². The Morgan fingerprint density at radius 2 is 1.93 bits per heavy atom. The molecule has 0 radical (unpaired) electrons. The number of nitrogens with zero attached hydrogens (tertiary/aromatic N) is 3. The van der Waals surface area contributed by atoms with Gasteiger partial charge in [0.1, 0.15) is 11.6 Å². The highest BCUT2D eigenvalue weighted by Gasteiger charge is 2.07. The minimum Gasteiger partial charge on any atom is -0.497 e. The van der Waals surface area contributed by atoms with E-state index < -0.39 is 0 Å². The summed E-state index contributed by atoms with van der Waals surface area (Å²) in [5.41, 5.74) is 2.46. The van der Waals surface area contributed by atoms with Crippen molar-refractivity contribution >= 4 is 11.8 Å². The number of hydrogen-bond donors (Lipinski definition) is 2. The highest BCUT2D eigenvalue weighted by molar-refractivity contribution is 5.79. The number of ether oxygens (including phenoxy) is 1. The highest BCUT2D eigenvalue weighted by atomic mass is 16.5. The maximum atomic E-state index is 5.23. The van der Waals surface area contributed by atoms with E-state index in [1.807, 2.05) is 43.4 Å². The zero-order chi connectivity index (χ0) is 20.4. The van der Waals surface area contributed by atoms with E-state index in [-0.39, 0.29) is 0 Å². The Bertz CT molecular complexity index is 743. The quantitative estimate of drug-likeness (QED) is 0.513. The van der Waals surface area contributed by atoms with Crippen LogP contribution in [0.1, 0.15) is 37.3 Å². The smallest absolute Gasteiger partial charge is 0.191 e. The van der Waals surface area contributed by atoms with Crippen LogP contribution in [0.25, 0.3) is 0 Å². The molecular formula is C22H33N5O. The van der Waals surface area contributed by atoms with Crippen molar-refractivity contribution < 1.29 is 4.74 Å². The molecular weight excluding hydrogens is 350 g/mol. The molecule has 1 aromatic carbocycles. The standard InChI is InChI=1S/C22H33N5O/c1-6-23-22(26-16-18-12-14-24-21(15-18)27(3)4)25-13-11-17(2)19-7-9-20(28-5)10-8-19/h7-10,12,14-15,17H,6,11,13,16H2,1-5H3,(H2,23,25,26). The van der Waals surface area contributed by atoms with Gasteiger partial charge in [-0.2, -0.15) is 0 Å². The molecule has 1 atom stereocenters. The van der Waals surface area contributed by atoms with Crippen molar-refractivity contribution in [2.24, 2.45) is 4.99 Å². The van der Waals surface area contributed by atoms with Gasteiger partial charge in [0.05, 0.1) is 13.7 Å². The normalized spacial score (nSPS) is 12.4. The summed E-state index contributed by atoms with van der Waals surface area (Å²) >= 11 is 0. The van der Waals surface area contributed by atoms with Gasteiger partial charge < -0.3 is 20.3 Å². The van der Waals surface area contributed by atoms with Crippen LogP contribution in [0.2, 0.25) is 0 Å². The molecule has 0 aliphatic rings. The topological polar surface area (TPSA) is 61.8 Å². The number of anilines is 1.